The van der Waals surface area contributed by atoms with Crippen molar-refractivity contribution in [1.29, 1.82) is 0 Å². The number of imidazole rings is 1. The molecule has 3 heterocycles. The van der Waals surface area contributed by atoms with Gasteiger partial charge >= 0.3 is 12.4 Å². The van der Waals surface area contributed by atoms with Crippen LogP contribution in [0.25, 0.3) is 5.65 Å². The maximum Gasteiger partial charge on any atom is 0.435 e. The largest absolute Gasteiger partial charge is 0.435 e. The molecule has 1 aliphatic rings. The Labute approximate surface area is 159 Å². The molecule has 0 radical (unpaired) electrons. The summed E-state index contributed by atoms with van der Waals surface area (Å²) in [4.78, 5) is 12.9. The van der Waals surface area contributed by atoms with Gasteiger partial charge in [-0.2, -0.15) is 26.3 Å². The van der Waals surface area contributed by atoms with Crippen LogP contribution in [-0.2, 0) is 12.4 Å². The molecule has 1 aliphatic heterocycles. The van der Waals surface area contributed by atoms with Gasteiger partial charge in [-0.1, -0.05) is 0 Å². The highest BCUT2D eigenvalue weighted by Crippen LogP contribution is 2.40. The second-order valence-corrected chi connectivity index (χ2v) is 6.11. The van der Waals surface area contributed by atoms with Crippen LogP contribution in [0.1, 0.15) is 23.1 Å². The summed E-state index contributed by atoms with van der Waals surface area (Å²) in [5, 5.41) is 0. The van der Waals surface area contributed by atoms with E-state index in [-0.39, 0.29) is 17.0 Å². The third-order valence-electron chi connectivity index (χ3n) is 4.30. The fourth-order valence-corrected chi connectivity index (χ4v) is 3.05. The van der Waals surface area contributed by atoms with Crippen molar-refractivity contribution < 1.29 is 26.3 Å². The molecule has 0 spiro atoms. The van der Waals surface area contributed by atoms with Crippen LogP contribution in [0.15, 0.2) is 60.1 Å². The lowest BCUT2D eigenvalue weighted by Gasteiger charge is -2.30. The number of rotatable bonds is 2. The highest BCUT2D eigenvalue weighted by atomic mass is 19.4. The second-order valence-electron chi connectivity index (χ2n) is 6.11. The summed E-state index contributed by atoms with van der Waals surface area (Å²) >= 11 is 0. The standard InChI is InChI=1S/C18H11F6N5/c19-17(20,21)11-2-4-12(5-3-11)28-8-1-6-26-16(28)14-15(18(22,23)24)27-13-10-25-7-9-29(13)14/h1-10,16H. The van der Waals surface area contributed by atoms with E-state index in [1.165, 1.54) is 58.5 Å². The summed E-state index contributed by atoms with van der Waals surface area (Å²) < 4.78 is 80.6. The molecule has 0 saturated carbocycles. The molecular formula is C18H11F6N5. The van der Waals surface area contributed by atoms with Crippen molar-refractivity contribution >= 4 is 17.5 Å². The van der Waals surface area contributed by atoms with Gasteiger partial charge < -0.3 is 4.90 Å². The first-order valence-electron chi connectivity index (χ1n) is 8.21. The van der Waals surface area contributed by atoms with E-state index in [1.54, 1.807) is 0 Å². The lowest BCUT2D eigenvalue weighted by Crippen LogP contribution is -2.27. The monoisotopic (exact) mass is 411 g/mol. The third kappa shape index (κ3) is 3.43. The average molecular weight is 411 g/mol. The van der Waals surface area contributed by atoms with Gasteiger partial charge in [-0.3, -0.25) is 14.4 Å². The van der Waals surface area contributed by atoms with Gasteiger partial charge in [0.25, 0.3) is 0 Å². The summed E-state index contributed by atoms with van der Waals surface area (Å²) in [5.74, 6) is 0. The van der Waals surface area contributed by atoms with Gasteiger partial charge in [0.1, 0.15) is 5.69 Å². The van der Waals surface area contributed by atoms with E-state index in [1.807, 2.05) is 0 Å². The molecule has 0 N–H and O–H groups in total. The van der Waals surface area contributed by atoms with Crippen molar-refractivity contribution in [2.24, 2.45) is 4.99 Å². The van der Waals surface area contributed by atoms with Crippen molar-refractivity contribution in [3.63, 3.8) is 0 Å². The maximum atomic E-state index is 13.6. The molecule has 1 aromatic carbocycles. The van der Waals surface area contributed by atoms with Crippen LogP contribution in [0.3, 0.4) is 0 Å². The molecule has 150 valence electrons. The quantitative estimate of drug-likeness (QED) is 0.566. The molecule has 0 amide bonds. The Hall–Kier alpha value is -3.37. The van der Waals surface area contributed by atoms with Gasteiger partial charge in [-0.25, -0.2) is 4.98 Å². The van der Waals surface area contributed by atoms with Gasteiger partial charge in [0.05, 0.1) is 11.8 Å². The smallest absolute Gasteiger partial charge is 0.320 e. The predicted molar refractivity (Wildman–Crippen MR) is 92.3 cm³/mol. The number of halogens is 6. The number of anilines is 1. The van der Waals surface area contributed by atoms with Crippen LogP contribution in [0.5, 0.6) is 0 Å². The van der Waals surface area contributed by atoms with Crippen LogP contribution in [-0.4, -0.2) is 20.6 Å². The second kappa shape index (κ2) is 6.61. The Morgan fingerprint density at radius 1 is 0.931 bits per heavy atom. The lowest BCUT2D eigenvalue weighted by molar-refractivity contribution is -0.141. The van der Waals surface area contributed by atoms with Crippen molar-refractivity contribution in [3.05, 3.63) is 72.1 Å². The van der Waals surface area contributed by atoms with Gasteiger partial charge in [-0.05, 0) is 30.3 Å². The van der Waals surface area contributed by atoms with Gasteiger partial charge in [0, 0.05) is 30.5 Å². The molecule has 0 bridgehead atoms. The molecule has 0 saturated heterocycles. The fraction of sp³-hybridized carbons (Fsp3) is 0.167. The minimum Gasteiger partial charge on any atom is -0.320 e. The first kappa shape index (κ1) is 19.0. The van der Waals surface area contributed by atoms with Crippen molar-refractivity contribution in [3.8, 4) is 0 Å². The van der Waals surface area contributed by atoms with E-state index in [0.717, 1.165) is 12.1 Å². The van der Waals surface area contributed by atoms with Gasteiger partial charge in [0.2, 0.25) is 0 Å². The molecule has 1 atom stereocenters. The molecule has 29 heavy (non-hydrogen) atoms. The van der Waals surface area contributed by atoms with Crippen molar-refractivity contribution in [1.82, 2.24) is 14.4 Å². The molecule has 3 aromatic rings. The third-order valence-corrected chi connectivity index (χ3v) is 4.30. The van der Waals surface area contributed by atoms with Gasteiger partial charge in [-0.15, -0.1) is 0 Å². The normalized spacial score (nSPS) is 17.3. The minimum absolute atomic E-state index is 0.0213. The number of fused-ring (bicyclic) bond motifs is 1. The Bertz CT molecular complexity index is 1090. The van der Waals surface area contributed by atoms with E-state index in [0.29, 0.717) is 0 Å². The molecule has 1 unspecified atom stereocenters. The topological polar surface area (TPSA) is 45.8 Å². The molecule has 11 heteroatoms. The van der Waals surface area contributed by atoms with E-state index >= 15 is 0 Å². The Balaban J connectivity index is 1.84. The highest BCUT2D eigenvalue weighted by Gasteiger charge is 2.41. The summed E-state index contributed by atoms with van der Waals surface area (Å²) in [6, 6.07) is 4.08. The summed E-state index contributed by atoms with van der Waals surface area (Å²) in [7, 11) is 0. The van der Waals surface area contributed by atoms with E-state index in [2.05, 4.69) is 15.0 Å². The number of aliphatic imine (C=N–C) groups is 1. The van der Waals surface area contributed by atoms with Crippen LogP contribution < -0.4 is 4.90 Å². The van der Waals surface area contributed by atoms with Crippen LogP contribution in [0, 0.1) is 0 Å². The minimum atomic E-state index is -4.76. The number of allylic oxidation sites excluding steroid dienone is 1. The summed E-state index contributed by atoms with van der Waals surface area (Å²) in [6.45, 7) is 0. The molecule has 0 aliphatic carbocycles. The molecule has 5 nitrogen and oxygen atoms in total. The SMILES string of the molecule is FC(F)(F)c1ccc(N2C=CC=NC2c2c(C(F)(F)F)nc3cnccn23)cc1. The van der Waals surface area contributed by atoms with E-state index in [9.17, 15) is 26.3 Å². The molecule has 0 fully saturated rings. The predicted octanol–water partition coefficient (Wildman–Crippen LogP) is 4.87. The molecule has 2 aromatic heterocycles. The highest BCUT2D eigenvalue weighted by molar-refractivity contribution is 5.75. The molecular weight excluding hydrogens is 400 g/mol. The number of hydrogen-bond acceptors (Lipinski definition) is 4. The number of benzene rings is 1. The maximum absolute atomic E-state index is 13.6. The number of nitrogens with zero attached hydrogens (tertiary/aromatic N) is 5. The van der Waals surface area contributed by atoms with Crippen molar-refractivity contribution in [2.75, 3.05) is 4.90 Å². The fourth-order valence-electron chi connectivity index (χ4n) is 3.05. The first-order valence-corrected chi connectivity index (χ1v) is 8.21. The number of hydrogen-bond donors (Lipinski definition) is 0. The van der Waals surface area contributed by atoms with Crippen LogP contribution in [0.2, 0.25) is 0 Å². The van der Waals surface area contributed by atoms with E-state index in [4.69, 9.17) is 0 Å². The van der Waals surface area contributed by atoms with Crippen LogP contribution >= 0.6 is 0 Å². The lowest BCUT2D eigenvalue weighted by atomic mass is 10.1. The molecule has 4 rings (SSSR count). The van der Waals surface area contributed by atoms with Gasteiger partial charge in [0.15, 0.2) is 17.5 Å². The van der Waals surface area contributed by atoms with E-state index < -0.39 is 29.8 Å². The zero-order valence-electron chi connectivity index (χ0n) is 14.4. The Morgan fingerprint density at radius 3 is 2.31 bits per heavy atom. The number of aromatic nitrogens is 3. The Kier molecular flexibility index (Phi) is 4.32. The number of alkyl halides is 6. The zero-order chi connectivity index (χ0) is 20.8. The van der Waals surface area contributed by atoms with Crippen molar-refractivity contribution in [2.45, 2.75) is 18.5 Å². The zero-order valence-corrected chi connectivity index (χ0v) is 14.4. The summed E-state index contributed by atoms with van der Waals surface area (Å²) in [5.41, 5.74) is -2.05. The Morgan fingerprint density at radius 2 is 1.66 bits per heavy atom. The first-order chi connectivity index (χ1) is 13.7. The summed E-state index contributed by atoms with van der Waals surface area (Å²) in [6.07, 6.45) is -2.40. The van der Waals surface area contributed by atoms with Crippen LogP contribution in [0.4, 0.5) is 32.0 Å². The average Bonchev–Trinajstić information content (AvgIpc) is 3.07.